The normalized spacial score (nSPS) is 11.7. The SMILES string of the molecule is CCC(CC)(Sc1ccnc2ccc(-c3ccnc(F)c3)cc12)C(=O)O. The molecule has 0 unspecified atom stereocenters. The van der Waals surface area contributed by atoms with Gasteiger partial charge in [0.05, 0.1) is 5.52 Å². The van der Waals surface area contributed by atoms with Crippen molar-refractivity contribution >= 4 is 28.6 Å². The van der Waals surface area contributed by atoms with Crippen LogP contribution >= 0.6 is 11.8 Å². The molecule has 4 nitrogen and oxygen atoms in total. The van der Waals surface area contributed by atoms with E-state index in [4.69, 9.17) is 0 Å². The van der Waals surface area contributed by atoms with Gasteiger partial charge in [0.1, 0.15) is 4.75 Å². The predicted molar refractivity (Wildman–Crippen MR) is 102 cm³/mol. The van der Waals surface area contributed by atoms with Crippen LogP contribution in [0, 0.1) is 5.95 Å². The molecular formula is C20H19FN2O2S. The Kier molecular flexibility index (Phi) is 5.23. The van der Waals surface area contributed by atoms with Crippen LogP contribution in [0.1, 0.15) is 26.7 Å². The first-order valence-electron chi connectivity index (χ1n) is 8.42. The molecule has 1 N–H and O–H groups in total. The quantitative estimate of drug-likeness (QED) is 0.479. The number of hydrogen-bond acceptors (Lipinski definition) is 4. The van der Waals surface area contributed by atoms with Crippen molar-refractivity contribution in [2.75, 3.05) is 0 Å². The third-order valence-electron chi connectivity index (χ3n) is 4.60. The molecule has 134 valence electrons. The molecule has 1 aromatic carbocycles. The first-order valence-corrected chi connectivity index (χ1v) is 9.24. The molecule has 0 bridgehead atoms. The topological polar surface area (TPSA) is 63.1 Å². The molecule has 2 heterocycles. The highest BCUT2D eigenvalue weighted by Gasteiger charge is 2.36. The van der Waals surface area contributed by atoms with E-state index in [9.17, 15) is 14.3 Å². The molecule has 3 rings (SSSR count). The minimum atomic E-state index is -0.882. The lowest BCUT2D eigenvalue weighted by Crippen LogP contribution is -2.33. The van der Waals surface area contributed by atoms with E-state index in [1.165, 1.54) is 24.0 Å². The molecule has 3 aromatic rings. The van der Waals surface area contributed by atoms with Crippen LogP contribution in [0.25, 0.3) is 22.0 Å². The van der Waals surface area contributed by atoms with Gasteiger partial charge in [-0.05, 0) is 48.2 Å². The average molecular weight is 370 g/mol. The first-order chi connectivity index (χ1) is 12.5. The molecule has 0 aliphatic rings. The fourth-order valence-corrected chi connectivity index (χ4v) is 4.12. The summed E-state index contributed by atoms with van der Waals surface area (Å²) in [5, 5.41) is 10.6. The Morgan fingerprint density at radius 2 is 1.77 bits per heavy atom. The molecule has 0 fully saturated rings. The zero-order valence-corrected chi connectivity index (χ0v) is 15.4. The van der Waals surface area contributed by atoms with E-state index in [0.29, 0.717) is 12.8 Å². The summed E-state index contributed by atoms with van der Waals surface area (Å²) in [6, 6.07) is 10.6. The van der Waals surface area contributed by atoms with Crippen LogP contribution < -0.4 is 0 Å². The Hall–Kier alpha value is -2.47. The van der Waals surface area contributed by atoms with Gasteiger partial charge in [-0.25, -0.2) is 4.98 Å². The van der Waals surface area contributed by atoms with Crippen molar-refractivity contribution < 1.29 is 14.3 Å². The molecule has 0 saturated carbocycles. The van der Waals surface area contributed by atoms with E-state index in [0.717, 1.165) is 26.9 Å². The van der Waals surface area contributed by atoms with Crippen LogP contribution in [0.5, 0.6) is 0 Å². The molecule has 0 aliphatic heterocycles. The van der Waals surface area contributed by atoms with Crippen molar-refractivity contribution in [3.05, 3.63) is 54.7 Å². The Morgan fingerprint density at radius 3 is 2.42 bits per heavy atom. The van der Waals surface area contributed by atoms with E-state index in [1.807, 2.05) is 38.1 Å². The molecule has 26 heavy (non-hydrogen) atoms. The monoisotopic (exact) mass is 370 g/mol. The fraction of sp³-hybridized carbons (Fsp3) is 0.250. The largest absolute Gasteiger partial charge is 0.480 e. The second kappa shape index (κ2) is 7.41. The number of carboxylic acid groups (broad SMARTS) is 1. The summed E-state index contributed by atoms with van der Waals surface area (Å²) >= 11 is 1.35. The zero-order valence-electron chi connectivity index (χ0n) is 14.6. The van der Waals surface area contributed by atoms with Gasteiger partial charge in [-0.3, -0.25) is 9.78 Å². The van der Waals surface area contributed by atoms with Crippen LogP contribution in [-0.4, -0.2) is 25.8 Å². The number of carbonyl (C=O) groups is 1. The van der Waals surface area contributed by atoms with Crippen molar-refractivity contribution in [3.63, 3.8) is 0 Å². The smallest absolute Gasteiger partial charge is 0.320 e. The highest BCUT2D eigenvalue weighted by molar-refractivity contribution is 8.01. The van der Waals surface area contributed by atoms with Crippen LogP contribution in [0.2, 0.25) is 0 Å². The lowest BCUT2D eigenvalue weighted by Gasteiger charge is -2.26. The van der Waals surface area contributed by atoms with Gasteiger partial charge in [-0.2, -0.15) is 4.39 Å². The zero-order chi connectivity index (χ0) is 18.7. The number of nitrogens with zero attached hydrogens (tertiary/aromatic N) is 2. The second-order valence-corrected chi connectivity index (χ2v) is 7.44. The number of pyridine rings is 2. The summed E-state index contributed by atoms with van der Waals surface area (Å²) < 4.78 is 12.6. The number of aromatic nitrogens is 2. The summed E-state index contributed by atoms with van der Waals surface area (Å²) in [4.78, 5) is 20.7. The van der Waals surface area contributed by atoms with E-state index < -0.39 is 16.7 Å². The summed E-state index contributed by atoms with van der Waals surface area (Å²) in [5.74, 6) is -1.35. The van der Waals surface area contributed by atoms with Crippen molar-refractivity contribution in [1.29, 1.82) is 0 Å². The minimum Gasteiger partial charge on any atom is -0.480 e. The van der Waals surface area contributed by atoms with Gasteiger partial charge in [0.25, 0.3) is 0 Å². The maximum atomic E-state index is 13.5. The fourth-order valence-electron chi connectivity index (χ4n) is 2.92. The summed E-state index contributed by atoms with van der Waals surface area (Å²) in [5.41, 5.74) is 2.33. The number of fused-ring (bicyclic) bond motifs is 1. The third-order valence-corrected chi connectivity index (χ3v) is 6.32. The lowest BCUT2D eigenvalue weighted by molar-refractivity contribution is -0.140. The van der Waals surface area contributed by atoms with Gasteiger partial charge >= 0.3 is 5.97 Å². The maximum absolute atomic E-state index is 13.5. The molecule has 6 heteroatoms. The number of hydrogen-bond donors (Lipinski definition) is 1. The average Bonchev–Trinajstić information content (AvgIpc) is 2.65. The molecule has 0 saturated heterocycles. The molecule has 2 aromatic heterocycles. The Morgan fingerprint density at radius 1 is 1.08 bits per heavy atom. The summed E-state index contributed by atoms with van der Waals surface area (Å²) in [6.45, 7) is 3.78. The molecule has 0 atom stereocenters. The van der Waals surface area contributed by atoms with Gasteiger partial charge in [0.15, 0.2) is 0 Å². The van der Waals surface area contributed by atoms with Gasteiger partial charge < -0.3 is 5.11 Å². The minimum absolute atomic E-state index is 0.516. The van der Waals surface area contributed by atoms with E-state index in [1.54, 1.807) is 12.3 Å². The van der Waals surface area contributed by atoms with Crippen molar-refractivity contribution in [1.82, 2.24) is 9.97 Å². The second-order valence-electron chi connectivity index (χ2n) is 6.02. The Bertz CT molecular complexity index is 957. The number of rotatable bonds is 6. The molecule has 0 spiro atoms. The van der Waals surface area contributed by atoms with Gasteiger partial charge in [0, 0.05) is 28.7 Å². The Labute approximate surface area is 155 Å². The standard InChI is InChI=1S/C20H19FN2O2S/c1-3-20(4-2,19(24)25)26-17-8-10-22-16-6-5-13(11-15(16)17)14-7-9-23-18(21)12-14/h5-12H,3-4H2,1-2H3,(H,24,25). The van der Waals surface area contributed by atoms with Crippen LogP contribution in [0.15, 0.2) is 53.7 Å². The van der Waals surface area contributed by atoms with Gasteiger partial charge in [0.2, 0.25) is 5.95 Å². The molecule has 0 aliphatic carbocycles. The number of thioether (sulfide) groups is 1. The highest BCUT2D eigenvalue weighted by atomic mass is 32.2. The summed E-state index contributed by atoms with van der Waals surface area (Å²) in [6.07, 6.45) is 4.15. The van der Waals surface area contributed by atoms with Gasteiger partial charge in [-0.1, -0.05) is 19.9 Å². The maximum Gasteiger partial charge on any atom is 0.320 e. The molecule has 0 radical (unpaired) electrons. The van der Waals surface area contributed by atoms with E-state index >= 15 is 0 Å². The van der Waals surface area contributed by atoms with Crippen LogP contribution in [-0.2, 0) is 4.79 Å². The van der Waals surface area contributed by atoms with Crippen LogP contribution in [0.4, 0.5) is 4.39 Å². The first kappa shape index (κ1) is 18.3. The van der Waals surface area contributed by atoms with Crippen molar-refractivity contribution in [2.24, 2.45) is 0 Å². The number of benzene rings is 1. The van der Waals surface area contributed by atoms with Crippen LogP contribution in [0.3, 0.4) is 0 Å². The third kappa shape index (κ3) is 3.42. The molecular weight excluding hydrogens is 351 g/mol. The highest BCUT2D eigenvalue weighted by Crippen LogP contribution is 2.42. The Balaban J connectivity index is 2.12. The molecule has 0 amide bonds. The lowest BCUT2D eigenvalue weighted by atomic mass is 10.0. The van der Waals surface area contributed by atoms with Crippen molar-refractivity contribution in [2.45, 2.75) is 36.3 Å². The predicted octanol–water partition coefficient (Wildman–Crippen LogP) is 5.17. The number of halogens is 1. The number of carboxylic acids is 1. The van der Waals surface area contributed by atoms with Crippen molar-refractivity contribution in [3.8, 4) is 11.1 Å². The van der Waals surface area contributed by atoms with Gasteiger partial charge in [-0.15, -0.1) is 11.8 Å². The summed E-state index contributed by atoms with van der Waals surface area (Å²) in [7, 11) is 0. The van der Waals surface area contributed by atoms with E-state index in [-0.39, 0.29) is 0 Å². The van der Waals surface area contributed by atoms with E-state index in [2.05, 4.69) is 9.97 Å². The number of aliphatic carboxylic acids is 1.